The van der Waals surface area contributed by atoms with Gasteiger partial charge in [-0.1, -0.05) is 54.6 Å². The second-order valence-electron chi connectivity index (χ2n) is 16.6. The lowest BCUT2D eigenvalue weighted by molar-refractivity contribution is 0.214. The summed E-state index contributed by atoms with van der Waals surface area (Å²) in [5.41, 5.74) is 2.32. The number of nitrogens with zero attached hydrogens (tertiary/aromatic N) is 1. The summed E-state index contributed by atoms with van der Waals surface area (Å²) in [6, 6.07) is 31.5. The minimum absolute atomic E-state index is 0.00582. The zero-order chi connectivity index (χ0) is 52.0. The Bertz CT molecular complexity index is 3920. The molecule has 1 heterocycles. The summed E-state index contributed by atoms with van der Waals surface area (Å²) in [6.07, 6.45) is -1.88. The molecule has 370 valence electrons. The molecule has 0 radical (unpaired) electrons. The first-order chi connectivity index (χ1) is 33.9. The number of hydrogen-bond acceptors (Lipinski definition) is 13. The van der Waals surface area contributed by atoms with Crippen LogP contribution in [0.25, 0.3) is 33.4 Å². The minimum Gasteiger partial charge on any atom is -0.456 e. The fourth-order valence-electron chi connectivity index (χ4n) is 8.82. The molecule has 8 rings (SSSR count). The number of amides is 2. The van der Waals surface area contributed by atoms with E-state index in [2.05, 4.69) is 16.0 Å². The van der Waals surface area contributed by atoms with E-state index in [0.29, 0.717) is 33.3 Å². The van der Waals surface area contributed by atoms with Gasteiger partial charge in [0.05, 0.1) is 22.4 Å². The highest BCUT2D eigenvalue weighted by Crippen LogP contribution is 2.45. The first-order valence-corrected chi connectivity index (χ1v) is 25.9. The summed E-state index contributed by atoms with van der Waals surface area (Å²) in [5.74, 6) is 0.542. The highest BCUT2D eigenvalue weighted by atomic mass is 32.2. The van der Waals surface area contributed by atoms with Gasteiger partial charge in [-0.2, -0.15) is 25.3 Å². The molecule has 21 heteroatoms. The van der Waals surface area contributed by atoms with Gasteiger partial charge in [0.1, 0.15) is 37.5 Å². The topological polar surface area (TPSA) is 277 Å². The van der Waals surface area contributed by atoms with Crippen LogP contribution in [0, 0.1) is 41.5 Å². The lowest BCUT2D eigenvalue weighted by Crippen LogP contribution is -2.20. The van der Waals surface area contributed by atoms with E-state index in [1.165, 1.54) is 52.0 Å². The molecule has 1 aliphatic heterocycles. The van der Waals surface area contributed by atoms with Gasteiger partial charge >= 0.3 is 12.2 Å². The average molecular weight is 1030 g/mol. The third-order valence-corrected chi connectivity index (χ3v) is 15.0. The number of rotatable bonds is 11. The number of para-hydroxylation sites is 2. The van der Waals surface area contributed by atoms with E-state index in [1.807, 2.05) is 0 Å². The predicted molar refractivity (Wildman–Crippen MR) is 270 cm³/mol. The van der Waals surface area contributed by atoms with Crippen molar-refractivity contribution in [1.29, 1.82) is 0 Å². The fourth-order valence-corrected chi connectivity index (χ4v) is 11.5. The molecular formula is C51H44N4O14S3. The quantitative estimate of drug-likeness (QED) is 0.0519. The van der Waals surface area contributed by atoms with E-state index in [-0.39, 0.29) is 78.8 Å². The third-order valence-electron chi connectivity index (χ3n) is 11.9. The van der Waals surface area contributed by atoms with Crippen molar-refractivity contribution >= 4 is 81.9 Å². The SMILES string of the molecule is Cc1c(N=c2ccc3c(-c4ccccc4S(=O)(=O)O)c4ccc(Nc5c(C)c(NC(=O)Oc6ccccc6)c(C)c(S(=O)(=O)O)c5C)cc4oc-3c2)c(C)c(S(=O)(=O)O)c(C)c1NC(=O)Oc1ccccc1. The zero-order valence-corrected chi connectivity index (χ0v) is 41.5. The molecule has 6 aromatic rings. The summed E-state index contributed by atoms with van der Waals surface area (Å²) >= 11 is 0. The van der Waals surface area contributed by atoms with Crippen molar-refractivity contribution in [2.24, 2.45) is 4.99 Å². The van der Waals surface area contributed by atoms with Crippen LogP contribution < -0.4 is 30.8 Å². The molecule has 0 unspecified atom stereocenters. The maximum Gasteiger partial charge on any atom is 0.417 e. The van der Waals surface area contributed by atoms with Gasteiger partial charge in [-0.05, 0) is 130 Å². The zero-order valence-electron chi connectivity index (χ0n) is 39.1. The molecule has 0 bridgehead atoms. The second kappa shape index (κ2) is 19.4. The van der Waals surface area contributed by atoms with Crippen LogP contribution in [0.15, 0.2) is 145 Å². The van der Waals surface area contributed by atoms with Crippen LogP contribution in [0.4, 0.5) is 38.0 Å². The number of anilines is 4. The third kappa shape index (κ3) is 10.1. The maximum absolute atomic E-state index is 13.1. The van der Waals surface area contributed by atoms with Crippen molar-refractivity contribution in [2.75, 3.05) is 16.0 Å². The Hall–Kier alpha value is -7.92. The molecule has 0 aromatic heterocycles. The second-order valence-corrected chi connectivity index (χ2v) is 20.7. The largest absolute Gasteiger partial charge is 0.456 e. The van der Waals surface area contributed by atoms with Crippen molar-refractivity contribution in [3.63, 3.8) is 0 Å². The first kappa shape index (κ1) is 50.5. The normalized spacial score (nSPS) is 12.2. The van der Waals surface area contributed by atoms with Crippen LogP contribution in [0.2, 0.25) is 0 Å². The summed E-state index contributed by atoms with van der Waals surface area (Å²) in [5, 5.41) is 8.94. The van der Waals surface area contributed by atoms with Gasteiger partial charge in [-0.3, -0.25) is 24.3 Å². The van der Waals surface area contributed by atoms with Gasteiger partial charge in [-0.15, -0.1) is 0 Å². The summed E-state index contributed by atoms with van der Waals surface area (Å²) in [6.45, 7) is 8.96. The van der Waals surface area contributed by atoms with Crippen LogP contribution in [0.3, 0.4) is 0 Å². The number of benzene rings is 7. The Morgan fingerprint density at radius 2 is 1.04 bits per heavy atom. The van der Waals surface area contributed by atoms with Gasteiger partial charge < -0.3 is 19.2 Å². The Labute approximate surface area is 413 Å². The van der Waals surface area contributed by atoms with Gasteiger partial charge in [0.25, 0.3) is 30.4 Å². The van der Waals surface area contributed by atoms with E-state index in [4.69, 9.17) is 18.9 Å². The van der Waals surface area contributed by atoms with Gasteiger partial charge in [-0.25, -0.2) is 14.6 Å². The van der Waals surface area contributed by atoms with E-state index < -0.39 is 57.2 Å². The van der Waals surface area contributed by atoms with Gasteiger partial charge in [0.15, 0.2) is 0 Å². The molecule has 1 aliphatic carbocycles. The summed E-state index contributed by atoms with van der Waals surface area (Å²) < 4.78 is 126. The molecule has 0 atom stereocenters. The number of hydrogen-bond donors (Lipinski definition) is 6. The smallest absolute Gasteiger partial charge is 0.417 e. The monoisotopic (exact) mass is 1030 g/mol. The average Bonchev–Trinajstić information content (AvgIpc) is 3.30. The molecule has 0 saturated carbocycles. The number of carbonyl (C=O) groups is 2. The minimum atomic E-state index is -4.90. The van der Waals surface area contributed by atoms with Crippen LogP contribution >= 0.6 is 0 Å². The molecule has 6 N–H and O–H groups in total. The molecular weight excluding hydrogens is 989 g/mol. The van der Waals surface area contributed by atoms with Crippen molar-refractivity contribution in [3.05, 3.63) is 160 Å². The number of carbonyl (C=O) groups excluding carboxylic acids is 2. The fraction of sp³-hybridized carbons (Fsp3) is 0.118. The Morgan fingerprint density at radius 3 is 1.60 bits per heavy atom. The van der Waals surface area contributed by atoms with Crippen molar-refractivity contribution in [2.45, 2.75) is 56.2 Å². The molecule has 2 amide bonds. The molecule has 72 heavy (non-hydrogen) atoms. The molecule has 0 fully saturated rings. The molecule has 0 spiro atoms. The lowest BCUT2D eigenvalue weighted by atomic mass is 9.93. The highest BCUT2D eigenvalue weighted by Gasteiger charge is 2.29. The van der Waals surface area contributed by atoms with Gasteiger partial charge in [0, 0.05) is 45.6 Å². The Morgan fingerprint density at radius 1 is 0.528 bits per heavy atom. The van der Waals surface area contributed by atoms with Crippen LogP contribution in [-0.2, 0) is 30.4 Å². The van der Waals surface area contributed by atoms with E-state index >= 15 is 0 Å². The van der Waals surface area contributed by atoms with Crippen molar-refractivity contribution in [3.8, 4) is 33.9 Å². The number of nitrogens with one attached hydrogen (secondary N) is 3. The van der Waals surface area contributed by atoms with Gasteiger partial charge in [0.2, 0.25) is 0 Å². The molecule has 18 nitrogen and oxygen atoms in total. The van der Waals surface area contributed by atoms with Crippen molar-refractivity contribution < 1.29 is 62.4 Å². The van der Waals surface area contributed by atoms with Crippen molar-refractivity contribution in [1.82, 2.24) is 0 Å². The lowest BCUT2D eigenvalue weighted by Gasteiger charge is -2.22. The number of fused-ring (bicyclic) bond motifs is 2. The molecule has 2 aliphatic rings. The highest BCUT2D eigenvalue weighted by molar-refractivity contribution is 7.86. The standard InChI is InChI=1S/C51H44N4O14S3/c1-27-44(29(3)48(71(61,62)63)31(5)46(27)54-50(56)67-35-15-9-7-10-16-35)52-33-21-23-37-40(25-33)69-41-26-34(22-24-38(41)43(37)39-19-13-14-20-42(39)70(58,59)60)53-45-28(2)47(32(6)49(30(45)4)72(64,65)66)55-51(57)68-36-17-11-8-12-18-36/h7-26,52H,1-6H3,(H,54,56)(H,55,57)(H,58,59,60)(H,61,62,63)(H,64,65,66). The first-order valence-electron chi connectivity index (χ1n) is 21.6. The van der Waals surface area contributed by atoms with Crippen LogP contribution in [0.5, 0.6) is 11.5 Å². The van der Waals surface area contributed by atoms with E-state index in [9.17, 15) is 48.5 Å². The van der Waals surface area contributed by atoms with Crippen LogP contribution in [-0.4, -0.2) is 51.1 Å². The number of ether oxygens (including phenoxy) is 2. The summed E-state index contributed by atoms with van der Waals surface area (Å²) in [4.78, 5) is 29.7. The molecule has 0 saturated heterocycles. The predicted octanol–water partition coefficient (Wildman–Crippen LogP) is 11.0. The van der Waals surface area contributed by atoms with E-state index in [0.717, 1.165) is 0 Å². The van der Waals surface area contributed by atoms with E-state index in [1.54, 1.807) is 111 Å². The maximum atomic E-state index is 13.1. The Kier molecular flexibility index (Phi) is 13.6. The molecule has 6 aromatic carbocycles. The summed E-state index contributed by atoms with van der Waals surface area (Å²) in [7, 11) is -14.6. The van der Waals surface area contributed by atoms with Crippen LogP contribution in [0.1, 0.15) is 33.4 Å². The Balaban J connectivity index is 1.31.